The second kappa shape index (κ2) is 8.02. The van der Waals surface area contributed by atoms with E-state index in [1.165, 1.54) is 17.4 Å². The summed E-state index contributed by atoms with van der Waals surface area (Å²) >= 11 is 1.49. The Morgan fingerprint density at radius 3 is 2.54 bits per heavy atom. The summed E-state index contributed by atoms with van der Waals surface area (Å²) in [4.78, 5) is 39.2. The number of aryl methyl sites for hydroxylation is 1. The quantitative estimate of drug-likeness (QED) is 0.686. The number of amides is 3. The first kappa shape index (κ1) is 17.4. The Hall–Kier alpha value is -3.00. The summed E-state index contributed by atoms with van der Waals surface area (Å²) in [6.45, 7) is 1.67. The van der Waals surface area contributed by atoms with E-state index in [0.717, 1.165) is 9.88 Å². The first-order valence-corrected chi connectivity index (χ1v) is 7.84. The molecule has 0 unspecified atom stereocenters. The summed E-state index contributed by atoms with van der Waals surface area (Å²) in [5.41, 5.74) is 5.88. The summed E-state index contributed by atoms with van der Waals surface area (Å²) < 4.78 is 0. The van der Waals surface area contributed by atoms with Gasteiger partial charge in [-0.05, 0) is 37.3 Å². The number of thiazole rings is 1. The van der Waals surface area contributed by atoms with Gasteiger partial charge in [-0.25, -0.2) is 4.98 Å². The number of primary amides is 1. The Morgan fingerprint density at radius 1 is 1.25 bits per heavy atom. The normalized spacial score (nSPS) is 10.5. The summed E-state index contributed by atoms with van der Waals surface area (Å²) in [6, 6.07) is 6.29. The Bertz CT molecular complexity index is 781. The number of carbonyl (C=O) groups is 3. The van der Waals surface area contributed by atoms with Gasteiger partial charge in [0.1, 0.15) is 0 Å². The first-order valence-electron chi connectivity index (χ1n) is 7.02. The molecule has 4 N–H and O–H groups in total. The zero-order chi connectivity index (χ0) is 17.5. The van der Waals surface area contributed by atoms with E-state index in [1.807, 2.05) is 6.92 Å². The number of rotatable bonds is 6. The van der Waals surface area contributed by atoms with Crippen LogP contribution in [0.15, 0.2) is 36.5 Å². The van der Waals surface area contributed by atoms with Crippen molar-refractivity contribution in [3.05, 3.63) is 52.0 Å². The zero-order valence-corrected chi connectivity index (χ0v) is 13.7. The van der Waals surface area contributed by atoms with Crippen LogP contribution in [0.3, 0.4) is 0 Å². The van der Waals surface area contributed by atoms with Crippen molar-refractivity contribution in [3.8, 4) is 0 Å². The Labute approximate surface area is 142 Å². The molecular formula is C16H16N4O3S. The molecule has 1 heterocycles. The van der Waals surface area contributed by atoms with E-state index in [1.54, 1.807) is 36.5 Å². The van der Waals surface area contributed by atoms with Crippen LogP contribution in [0.2, 0.25) is 0 Å². The third kappa shape index (κ3) is 5.33. The molecule has 0 aliphatic rings. The molecule has 0 fully saturated rings. The molecule has 0 aliphatic heterocycles. The van der Waals surface area contributed by atoms with Crippen LogP contribution in [0.5, 0.6) is 0 Å². The van der Waals surface area contributed by atoms with Crippen LogP contribution < -0.4 is 16.4 Å². The molecule has 1 aromatic carbocycles. The van der Waals surface area contributed by atoms with E-state index in [9.17, 15) is 14.4 Å². The average molecular weight is 344 g/mol. The number of nitrogens with zero attached hydrogens (tertiary/aromatic N) is 1. The van der Waals surface area contributed by atoms with Crippen molar-refractivity contribution in [2.75, 3.05) is 11.9 Å². The van der Waals surface area contributed by atoms with Gasteiger partial charge in [-0.2, -0.15) is 0 Å². The maximum absolute atomic E-state index is 11.8. The van der Waals surface area contributed by atoms with Gasteiger partial charge in [0, 0.05) is 28.4 Å². The van der Waals surface area contributed by atoms with Crippen LogP contribution >= 0.6 is 11.3 Å². The predicted octanol–water partition coefficient (Wildman–Crippen LogP) is 1.32. The molecule has 0 spiro atoms. The summed E-state index contributed by atoms with van der Waals surface area (Å²) in [7, 11) is 0. The second-order valence-corrected chi connectivity index (χ2v) is 6.10. The van der Waals surface area contributed by atoms with E-state index in [2.05, 4.69) is 15.6 Å². The molecule has 0 aliphatic carbocycles. The highest BCUT2D eigenvalue weighted by molar-refractivity contribution is 7.12. The third-order valence-electron chi connectivity index (χ3n) is 2.88. The Kier molecular flexibility index (Phi) is 5.80. The molecule has 0 atom stereocenters. The predicted molar refractivity (Wildman–Crippen MR) is 92.5 cm³/mol. The van der Waals surface area contributed by atoms with E-state index >= 15 is 0 Å². The molecule has 24 heavy (non-hydrogen) atoms. The standard InChI is InChI=1S/C16H16N4O3S/c1-10-18-8-13(24-10)6-7-15(22)20-12-4-2-11(3-5-12)16(23)19-9-14(17)21/h2-8H,9H2,1H3,(H2,17,21)(H,19,23)(H,20,22)/b7-6+. The van der Waals surface area contributed by atoms with E-state index in [4.69, 9.17) is 5.73 Å². The number of aromatic nitrogens is 1. The molecule has 1 aromatic heterocycles. The van der Waals surface area contributed by atoms with Crippen molar-refractivity contribution in [1.82, 2.24) is 10.3 Å². The number of nitrogens with two attached hydrogens (primary N) is 1. The molecule has 2 aromatic rings. The van der Waals surface area contributed by atoms with E-state index < -0.39 is 11.8 Å². The molecule has 124 valence electrons. The SMILES string of the molecule is Cc1ncc(/C=C/C(=O)Nc2ccc(C(=O)NCC(N)=O)cc2)s1. The van der Waals surface area contributed by atoms with Gasteiger partial charge < -0.3 is 16.4 Å². The number of hydrogen-bond acceptors (Lipinski definition) is 5. The molecule has 3 amide bonds. The van der Waals surface area contributed by atoms with Crippen molar-refractivity contribution in [2.45, 2.75) is 6.92 Å². The lowest BCUT2D eigenvalue weighted by molar-refractivity contribution is -0.117. The molecule has 7 nitrogen and oxygen atoms in total. The van der Waals surface area contributed by atoms with Crippen LogP contribution in [0.25, 0.3) is 6.08 Å². The summed E-state index contributed by atoms with van der Waals surface area (Å²) in [6.07, 6.45) is 4.80. The Morgan fingerprint density at radius 2 is 1.96 bits per heavy atom. The van der Waals surface area contributed by atoms with Crippen LogP contribution in [0.4, 0.5) is 5.69 Å². The van der Waals surface area contributed by atoms with Crippen LogP contribution in [0.1, 0.15) is 20.2 Å². The Balaban J connectivity index is 1.91. The van der Waals surface area contributed by atoms with Gasteiger partial charge in [-0.1, -0.05) is 0 Å². The number of carbonyl (C=O) groups excluding carboxylic acids is 3. The highest BCUT2D eigenvalue weighted by Crippen LogP contribution is 2.14. The first-order chi connectivity index (χ1) is 11.4. The van der Waals surface area contributed by atoms with Crippen molar-refractivity contribution in [1.29, 1.82) is 0 Å². The summed E-state index contributed by atoms with van der Waals surface area (Å²) in [5, 5.41) is 6.00. The second-order valence-electron chi connectivity index (χ2n) is 4.83. The van der Waals surface area contributed by atoms with Gasteiger partial charge in [-0.3, -0.25) is 14.4 Å². The lowest BCUT2D eigenvalue weighted by Gasteiger charge is -2.05. The van der Waals surface area contributed by atoms with Gasteiger partial charge in [0.2, 0.25) is 11.8 Å². The minimum atomic E-state index is -0.616. The monoisotopic (exact) mass is 344 g/mol. The molecular weight excluding hydrogens is 328 g/mol. The van der Waals surface area contributed by atoms with Gasteiger partial charge >= 0.3 is 0 Å². The van der Waals surface area contributed by atoms with Crippen molar-refractivity contribution >= 4 is 40.8 Å². The third-order valence-corrected chi connectivity index (χ3v) is 3.75. The minimum Gasteiger partial charge on any atom is -0.368 e. The topological polar surface area (TPSA) is 114 Å². The van der Waals surface area contributed by atoms with Crippen molar-refractivity contribution < 1.29 is 14.4 Å². The minimum absolute atomic E-state index is 0.223. The summed E-state index contributed by atoms with van der Waals surface area (Å²) in [5.74, 6) is -1.31. The molecule has 0 radical (unpaired) electrons. The fourth-order valence-electron chi connectivity index (χ4n) is 1.77. The largest absolute Gasteiger partial charge is 0.368 e. The van der Waals surface area contributed by atoms with Gasteiger partial charge in [0.25, 0.3) is 5.91 Å². The highest BCUT2D eigenvalue weighted by Gasteiger charge is 2.06. The van der Waals surface area contributed by atoms with Gasteiger partial charge in [0.05, 0.1) is 11.6 Å². The maximum Gasteiger partial charge on any atom is 0.251 e. The van der Waals surface area contributed by atoms with Crippen molar-refractivity contribution in [3.63, 3.8) is 0 Å². The van der Waals surface area contributed by atoms with E-state index in [-0.39, 0.29) is 12.5 Å². The van der Waals surface area contributed by atoms with Gasteiger partial charge in [-0.15, -0.1) is 11.3 Å². The number of hydrogen-bond donors (Lipinski definition) is 3. The van der Waals surface area contributed by atoms with Gasteiger partial charge in [0.15, 0.2) is 0 Å². The molecule has 0 bridgehead atoms. The maximum atomic E-state index is 11.8. The average Bonchev–Trinajstić information content (AvgIpc) is 2.97. The van der Waals surface area contributed by atoms with Crippen molar-refractivity contribution in [2.24, 2.45) is 5.73 Å². The lowest BCUT2D eigenvalue weighted by atomic mass is 10.2. The number of benzene rings is 1. The molecule has 0 saturated heterocycles. The van der Waals surface area contributed by atoms with E-state index in [0.29, 0.717) is 11.3 Å². The molecule has 0 saturated carbocycles. The fraction of sp³-hybridized carbons (Fsp3) is 0.125. The van der Waals surface area contributed by atoms with Crippen LogP contribution in [-0.2, 0) is 9.59 Å². The lowest BCUT2D eigenvalue weighted by Crippen LogP contribution is -2.33. The molecule has 8 heteroatoms. The highest BCUT2D eigenvalue weighted by atomic mass is 32.1. The molecule has 2 rings (SSSR count). The number of anilines is 1. The van der Waals surface area contributed by atoms with Crippen LogP contribution in [-0.4, -0.2) is 29.3 Å². The van der Waals surface area contributed by atoms with Crippen LogP contribution in [0, 0.1) is 6.92 Å². The fourth-order valence-corrected chi connectivity index (χ4v) is 2.46. The number of nitrogens with one attached hydrogen (secondary N) is 2. The zero-order valence-electron chi connectivity index (χ0n) is 12.9. The smallest absolute Gasteiger partial charge is 0.251 e.